The molecule has 1 aromatic carbocycles. The Morgan fingerprint density at radius 2 is 1.75 bits per heavy atom. The highest BCUT2D eigenvalue weighted by atomic mass is 32.2. The highest BCUT2D eigenvalue weighted by Gasteiger charge is 2.28. The summed E-state index contributed by atoms with van der Waals surface area (Å²) in [5.41, 5.74) is -0.0871. The maximum atomic E-state index is 12.4. The van der Waals surface area contributed by atoms with Gasteiger partial charge in [-0.3, -0.25) is 0 Å². The molecule has 112 valence electrons. The number of ether oxygens (including phenoxy) is 1. The Morgan fingerprint density at radius 1 is 1.20 bits per heavy atom. The Balaban J connectivity index is 3.30. The molecule has 20 heavy (non-hydrogen) atoms. The van der Waals surface area contributed by atoms with Crippen LogP contribution in [0.5, 0.6) is 0 Å². The molecule has 0 fully saturated rings. The van der Waals surface area contributed by atoms with Crippen molar-refractivity contribution < 1.29 is 28.2 Å². The summed E-state index contributed by atoms with van der Waals surface area (Å²) in [4.78, 5) is 11.4. The van der Waals surface area contributed by atoms with Gasteiger partial charge in [0, 0.05) is 13.1 Å². The first-order valence-corrected chi connectivity index (χ1v) is 7.32. The van der Waals surface area contributed by atoms with Crippen molar-refractivity contribution in [1.82, 2.24) is 4.31 Å². The maximum absolute atomic E-state index is 12.4. The largest absolute Gasteiger partial charge is 0.465 e. The van der Waals surface area contributed by atoms with E-state index < -0.39 is 16.0 Å². The number of sulfonamides is 1. The lowest BCUT2D eigenvalue weighted by molar-refractivity contribution is 0.0596. The van der Waals surface area contributed by atoms with Crippen LogP contribution in [0.3, 0.4) is 0 Å². The fourth-order valence-electron chi connectivity index (χ4n) is 1.68. The van der Waals surface area contributed by atoms with Crippen molar-refractivity contribution in [3.05, 3.63) is 29.8 Å². The van der Waals surface area contributed by atoms with E-state index in [4.69, 9.17) is 10.2 Å². The fourth-order valence-corrected chi connectivity index (χ4v) is 3.29. The molecule has 0 heterocycles. The Labute approximate surface area is 117 Å². The van der Waals surface area contributed by atoms with Gasteiger partial charge in [-0.25, -0.2) is 13.2 Å². The van der Waals surface area contributed by atoms with Crippen LogP contribution in [-0.4, -0.2) is 62.3 Å². The number of methoxy groups -OCH3 is 1. The number of aliphatic hydroxyl groups excluding tert-OH is 2. The fraction of sp³-hybridized carbons (Fsp3) is 0.417. The Bertz CT molecular complexity index is 551. The van der Waals surface area contributed by atoms with Crippen molar-refractivity contribution in [2.75, 3.05) is 33.4 Å². The molecule has 0 spiro atoms. The molecule has 8 heteroatoms. The van der Waals surface area contributed by atoms with Gasteiger partial charge in [-0.2, -0.15) is 4.31 Å². The zero-order chi connectivity index (χ0) is 15.2. The monoisotopic (exact) mass is 303 g/mol. The molecule has 0 radical (unpaired) electrons. The van der Waals surface area contributed by atoms with E-state index in [2.05, 4.69) is 4.74 Å². The number of hydrogen-bond acceptors (Lipinski definition) is 6. The zero-order valence-corrected chi connectivity index (χ0v) is 11.8. The summed E-state index contributed by atoms with van der Waals surface area (Å²) in [7, 11) is -2.84. The van der Waals surface area contributed by atoms with Crippen LogP contribution in [0.2, 0.25) is 0 Å². The average Bonchev–Trinajstić information content (AvgIpc) is 2.46. The Kier molecular flexibility index (Phi) is 6.08. The van der Waals surface area contributed by atoms with Crippen molar-refractivity contribution in [3.8, 4) is 0 Å². The van der Waals surface area contributed by atoms with Crippen molar-refractivity contribution in [2.24, 2.45) is 0 Å². The number of carbonyl (C=O) groups is 1. The summed E-state index contributed by atoms with van der Waals surface area (Å²) in [6, 6.07) is 5.63. The maximum Gasteiger partial charge on any atom is 0.339 e. The molecule has 0 aliphatic rings. The average molecular weight is 303 g/mol. The standard InChI is InChI=1S/C12H17NO6S/c1-19-12(16)10-4-2-3-5-11(10)20(17,18)13(6-8-14)7-9-15/h2-5,14-15H,6-9H2,1H3. The molecule has 0 saturated carbocycles. The summed E-state index contributed by atoms with van der Waals surface area (Å²) < 4.78 is 30.4. The van der Waals surface area contributed by atoms with Gasteiger partial charge in [-0.05, 0) is 12.1 Å². The van der Waals surface area contributed by atoms with Crippen molar-refractivity contribution in [3.63, 3.8) is 0 Å². The van der Waals surface area contributed by atoms with Gasteiger partial charge in [0.15, 0.2) is 0 Å². The second-order valence-electron chi connectivity index (χ2n) is 3.84. The van der Waals surface area contributed by atoms with E-state index in [0.717, 1.165) is 11.4 Å². The summed E-state index contributed by atoms with van der Waals surface area (Å²) in [5.74, 6) is -0.767. The molecule has 0 aliphatic heterocycles. The third-order valence-corrected chi connectivity index (χ3v) is 4.57. The molecule has 1 rings (SSSR count). The highest BCUT2D eigenvalue weighted by molar-refractivity contribution is 7.89. The Morgan fingerprint density at radius 3 is 2.25 bits per heavy atom. The first-order valence-electron chi connectivity index (χ1n) is 5.88. The number of nitrogens with zero attached hydrogens (tertiary/aromatic N) is 1. The second kappa shape index (κ2) is 7.34. The van der Waals surface area contributed by atoms with Crippen LogP contribution in [0.1, 0.15) is 10.4 Å². The minimum atomic E-state index is -4.00. The normalized spacial score (nSPS) is 11.6. The van der Waals surface area contributed by atoms with Crippen LogP contribution in [-0.2, 0) is 14.8 Å². The molecular weight excluding hydrogens is 286 g/mol. The first-order chi connectivity index (χ1) is 9.48. The Hall–Kier alpha value is -1.48. The van der Waals surface area contributed by atoms with E-state index in [1.54, 1.807) is 0 Å². The van der Waals surface area contributed by atoms with E-state index in [9.17, 15) is 13.2 Å². The van der Waals surface area contributed by atoms with Gasteiger partial charge < -0.3 is 14.9 Å². The smallest absolute Gasteiger partial charge is 0.339 e. The van der Waals surface area contributed by atoms with Crippen molar-refractivity contribution >= 4 is 16.0 Å². The van der Waals surface area contributed by atoms with Crippen molar-refractivity contribution in [2.45, 2.75) is 4.90 Å². The quantitative estimate of drug-likeness (QED) is 0.655. The minimum absolute atomic E-state index is 0.0871. The molecule has 0 bridgehead atoms. The van der Waals surface area contributed by atoms with Gasteiger partial charge in [0.05, 0.1) is 30.8 Å². The van der Waals surface area contributed by atoms with Crippen LogP contribution in [0.4, 0.5) is 0 Å². The van der Waals surface area contributed by atoms with Crippen LogP contribution in [0.15, 0.2) is 29.2 Å². The van der Waals surface area contributed by atoms with Crippen LogP contribution < -0.4 is 0 Å². The van der Waals surface area contributed by atoms with Crippen LogP contribution in [0, 0.1) is 0 Å². The number of carbonyl (C=O) groups excluding carboxylic acids is 1. The third kappa shape index (κ3) is 3.54. The molecule has 0 saturated heterocycles. The van der Waals surface area contributed by atoms with E-state index in [0.29, 0.717) is 0 Å². The lowest BCUT2D eigenvalue weighted by atomic mass is 10.2. The van der Waals surface area contributed by atoms with Crippen LogP contribution in [0.25, 0.3) is 0 Å². The van der Waals surface area contributed by atoms with Gasteiger partial charge in [0.1, 0.15) is 0 Å². The van der Waals surface area contributed by atoms with Crippen LogP contribution >= 0.6 is 0 Å². The van der Waals surface area contributed by atoms with Gasteiger partial charge in [0.25, 0.3) is 0 Å². The number of benzene rings is 1. The molecule has 0 atom stereocenters. The van der Waals surface area contributed by atoms with E-state index >= 15 is 0 Å². The highest BCUT2D eigenvalue weighted by Crippen LogP contribution is 2.20. The van der Waals surface area contributed by atoms with Gasteiger partial charge in [-0.1, -0.05) is 12.1 Å². The third-order valence-electron chi connectivity index (χ3n) is 2.61. The summed E-state index contributed by atoms with van der Waals surface area (Å²) in [6.45, 7) is -1.12. The topological polar surface area (TPSA) is 104 Å². The lowest BCUT2D eigenvalue weighted by Crippen LogP contribution is -2.36. The van der Waals surface area contributed by atoms with E-state index in [-0.39, 0.29) is 36.8 Å². The number of rotatable bonds is 7. The number of aliphatic hydroxyl groups is 2. The lowest BCUT2D eigenvalue weighted by Gasteiger charge is -2.21. The molecule has 0 aromatic heterocycles. The zero-order valence-electron chi connectivity index (χ0n) is 11.0. The van der Waals surface area contributed by atoms with E-state index in [1.807, 2.05) is 0 Å². The number of hydrogen-bond donors (Lipinski definition) is 2. The van der Waals surface area contributed by atoms with Gasteiger partial charge in [-0.15, -0.1) is 0 Å². The van der Waals surface area contributed by atoms with Crippen molar-refractivity contribution in [1.29, 1.82) is 0 Å². The molecule has 1 aromatic rings. The first kappa shape index (κ1) is 16.6. The summed E-state index contributed by atoms with van der Waals surface area (Å²) in [6.07, 6.45) is 0. The molecule has 2 N–H and O–H groups in total. The summed E-state index contributed by atoms with van der Waals surface area (Å²) >= 11 is 0. The molecule has 0 amide bonds. The summed E-state index contributed by atoms with van der Waals surface area (Å²) in [5, 5.41) is 17.8. The SMILES string of the molecule is COC(=O)c1ccccc1S(=O)(=O)N(CCO)CCO. The van der Waals surface area contributed by atoms with E-state index in [1.165, 1.54) is 24.3 Å². The predicted octanol–water partition coefficient (Wildman–Crippen LogP) is -0.552. The van der Waals surface area contributed by atoms with Gasteiger partial charge in [0.2, 0.25) is 10.0 Å². The second-order valence-corrected chi connectivity index (χ2v) is 5.75. The molecule has 7 nitrogen and oxygen atoms in total. The molecular formula is C12H17NO6S. The molecule has 0 unspecified atom stereocenters. The van der Waals surface area contributed by atoms with Gasteiger partial charge >= 0.3 is 5.97 Å². The minimum Gasteiger partial charge on any atom is -0.465 e. The molecule has 0 aliphatic carbocycles. The number of esters is 1. The predicted molar refractivity (Wildman–Crippen MR) is 70.7 cm³/mol.